The average molecular weight is 225 g/mol. The SMILES string of the molecule is CCN(CCC(=O)OC)C(=O)c1ccn[nH]1. The number of amides is 1. The van der Waals surface area contributed by atoms with Crippen molar-refractivity contribution >= 4 is 11.9 Å². The molecule has 0 aliphatic heterocycles. The molecule has 0 spiro atoms. The molecule has 0 aliphatic carbocycles. The number of esters is 1. The van der Waals surface area contributed by atoms with Gasteiger partial charge in [0, 0.05) is 19.3 Å². The summed E-state index contributed by atoms with van der Waals surface area (Å²) in [5.41, 5.74) is 0.423. The lowest BCUT2D eigenvalue weighted by Gasteiger charge is -2.19. The lowest BCUT2D eigenvalue weighted by atomic mass is 10.3. The molecule has 1 aromatic rings. The summed E-state index contributed by atoms with van der Waals surface area (Å²) in [6.07, 6.45) is 1.71. The van der Waals surface area contributed by atoms with Crippen molar-refractivity contribution in [2.45, 2.75) is 13.3 Å². The second-order valence-corrected chi connectivity index (χ2v) is 3.18. The fourth-order valence-corrected chi connectivity index (χ4v) is 1.28. The minimum Gasteiger partial charge on any atom is -0.469 e. The van der Waals surface area contributed by atoms with Crippen LogP contribution < -0.4 is 0 Å². The van der Waals surface area contributed by atoms with Crippen molar-refractivity contribution in [2.24, 2.45) is 0 Å². The van der Waals surface area contributed by atoms with E-state index in [1.807, 2.05) is 6.92 Å². The molecule has 1 N–H and O–H groups in total. The van der Waals surface area contributed by atoms with E-state index in [0.717, 1.165) is 0 Å². The van der Waals surface area contributed by atoms with Crippen molar-refractivity contribution in [3.8, 4) is 0 Å². The Kier molecular flexibility index (Phi) is 4.50. The van der Waals surface area contributed by atoms with Gasteiger partial charge in [-0.1, -0.05) is 0 Å². The molecule has 1 heterocycles. The van der Waals surface area contributed by atoms with Crippen molar-refractivity contribution < 1.29 is 14.3 Å². The second-order valence-electron chi connectivity index (χ2n) is 3.18. The third-order valence-electron chi connectivity index (χ3n) is 2.21. The topological polar surface area (TPSA) is 75.3 Å². The summed E-state index contributed by atoms with van der Waals surface area (Å²) in [5, 5.41) is 6.30. The van der Waals surface area contributed by atoms with Gasteiger partial charge in [-0.05, 0) is 13.0 Å². The summed E-state index contributed by atoms with van der Waals surface area (Å²) in [4.78, 5) is 24.4. The number of hydrogen-bond donors (Lipinski definition) is 1. The monoisotopic (exact) mass is 225 g/mol. The van der Waals surface area contributed by atoms with Gasteiger partial charge in [-0.25, -0.2) is 0 Å². The molecule has 6 heteroatoms. The standard InChI is InChI=1S/C10H15N3O3/c1-3-13(7-5-9(14)16-2)10(15)8-4-6-11-12-8/h4,6H,3,5,7H2,1-2H3,(H,11,12). The number of carbonyl (C=O) groups excluding carboxylic acids is 2. The van der Waals surface area contributed by atoms with E-state index in [-0.39, 0.29) is 18.3 Å². The first kappa shape index (κ1) is 12.2. The molecular formula is C10H15N3O3. The summed E-state index contributed by atoms with van der Waals surface area (Å²) >= 11 is 0. The Labute approximate surface area is 93.6 Å². The maximum atomic E-state index is 11.8. The van der Waals surface area contributed by atoms with E-state index in [4.69, 9.17) is 0 Å². The largest absolute Gasteiger partial charge is 0.469 e. The smallest absolute Gasteiger partial charge is 0.307 e. The molecule has 1 amide bonds. The van der Waals surface area contributed by atoms with E-state index in [0.29, 0.717) is 18.8 Å². The molecule has 0 fully saturated rings. The highest BCUT2D eigenvalue weighted by Crippen LogP contribution is 2.02. The van der Waals surface area contributed by atoms with Gasteiger partial charge < -0.3 is 9.64 Å². The highest BCUT2D eigenvalue weighted by Gasteiger charge is 2.16. The Morgan fingerprint density at radius 2 is 2.31 bits per heavy atom. The van der Waals surface area contributed by atoms with Gasteiger partial charge in [0.25, 0.3) is 5.91 Å². The normalized spacial score (nSPS) is 9.88. The summed E-state index contributed by atoms with van der Waals surface area (Å²) < 4.78 is 4.52. The lowest BCUT2D eigenvalue weighted by molar-refractivity contribution is -0.140. The lowest BCUT2D eigenvalue weighted by Crippen LogP contribution is -2.33. The van der Waals surface area contributed by atoms with Crippen molar-refractivity contribution in [1.82, 2.24) is 15.1 Å². The Bertz CT molecular complexity index is 348. The van der Waals surface area contributed by atoms with Crippen LogP contribution in [0.4, 0.5) is 0 Å². The van der Waals surface area contributed by atoms with E-state index < -0.39 is 0 Å². The molecule has 0 unspecified atom stereocenters. The molecule has 0 saturated carbocycles. The third kappa shape index (κ3) is 3.08. The highest BCUT2D eigenvalue weighted by molar-refractivity contribution is 5.92. The van der Waals surface area contributed by atoms with Gasteiger partial charge in [-0.3, -0.25) is 14.7 Å². The first-order valence-corrected chi connectivity index (χ1v) is 5.04. The molecule has 88 valence electrons. The Balaban J connectivity index is 2.54. The molecular weight excluding hydrogens is 210 g/mol. The molecule has 1 aromatic heterocycles. The number of rotatable bonds is 5. The number of ether oxygens (including phenoxy) is 1. The minimum atomic E-state index is -0.323. The summed E-state index contributed by atoms with van der Waals surface area (Å²) in [6.45, 7) is 2.74. The summed E-state index contributed by atoms with van der Waals surface area (Å²) in [6, 6.07) is 1.60. The number of nitrogens with zero attached hydrogens (tertiary/aromatic N) is 2. The van der Waals surface area contributed by atoms with Crippen LogP contribution in [0.2, 0.25) is 0 Å². The zero-order valence-electron chi connectivity index (χ0n) is 9.40. The number of methoxy groups -OCH3 is 1. The van der Waals surface area contributed by atoms with Crippen LogP contribution in [0, 0.1) is 0 Å². The van der Waals surface area contributed by atoms with Crippen LogP contribution in [-0.4, -0.2) is 47.2 Å². The van der Waals surface area contributed by atoms with Gasteiger partial charge in [0.1, 0.15) is 5.69 Å². The number of hydrogen-bond acceptors (Lipinski definition) is 4. The van der Waals surface area contributed by atoms with Gasteiger partial charge >= 0.3 is 5.97 Å². The predicted molar refractivity (Wildman–Crippen MR) is 56.8 cm³/mol. The van der Waals surface area contributed by atoms with Crippen LogP contribution in [0.3, 0.4) is 0 Å². The predicted octanol–water partition coefficient (Wildman–Crippen LogP) is 0.435. The maximum absolute atomic E-state index is 11.8. The first-order chi connectivity index (χ1) is 7.69. The molecule has 6 nitrogen and oxygen atoms in total. The molecule has 16 heavy (non-hydrogen) atoms. The molecule has 0 saturated heterocycles. The van der Waals surface area contributed by atoms with Crippen molar-refractivity contribution in [3.05, 3.63) is 18.0 Å². The van der Waals surface area contributed by atoms with E-state index >= 15 is 0 Å². The van der Waals surface area contributed by atoms with Crippen LogP contribution in [0.1, 0.15) is 23.8 Å². The summed E-state index contributed by atoms with van der Waals surface area (Å²) in [7, 11) is 1.33. The molecule has 0 aromatic carbocycles. The van der Waals surface area contributed by atoms with E-state index in [2.05, 4.69) is 14.9 Å². The van der Waals surface area contributed by atoms with E-state index in [9.17, 15) is 9.59 Å². The molecule has 0 aliphatic rings. The molecule has 1 rings (SSSR count). The number of aromatic amines is 1. The zero-order valence-corrected chi connectivity index (χ0v) is 9.40. The zero-order chi connectivity index (χ0) is 12.0. The summed E-state index contributed by atoms with van der Waals surface area (Å²) in [5.74, 6) is -0.486. The molecule has 0 bridgehead atoms. The van der Waals surface area contributed by atoms with Crippen LogP contribution in [0.5, 0.6) is 0 Å². The van der Waals surface area contributed by atoms with Crippen molar-refractivity contribution in [2.75, 3.05) is 20.2 Å². The molecule has 0 radical (unpaired) electrons. The minimum absolute atomic E-state index is 0.163. The van der Waals surface area contributed by atoms with Crippen molar-refractivity contribution in [1.29, 1.82) is 0 Å². The van der Waals surface area contributed by atoms with Crippen molar-refractivity contribution in [3.63, 3.8) is 0 Å². The van der Waals surface area contributed by atoms with Gasteiger partial charge in [0.05, 0.1) is 13.5 Å². The number of carbonyl (C=O) groups is 2. The quantitative estimate of drug-likeness (QED) is 0.737. The van der Waals surface area contributed by atoms with Crippen LogP contribution in [0.25, 0.3) is 0 Å². The Hall–Kier alpha value is -1.85. The van der Waals surface area contributed by atoms with E-state index in [1.54, 1.807) is 11.0 Å². The number of aromatic nitrogens is 2. The van der Waals surface area contributed by atoms with E-state index in [1.165, 1.54) is 13.3 Å². The van der Waals surface area contributed by atoms with Crippen LogP contribution in [-0.2, 0) is 9.53 Å². The number of H-pyrrole nitrogens is 1. The molecule has 0 atom stereocenters. The van der Waals surface area contributed by atoms with Gasteiger partial charge in [0.15, 0.2) is 0 Å². The highest BCUT2D eigenvalue weighted by atomic mass is 16.5. The van der Waals surface area contributed by atoms with Gasteiger partial charge in [-0.2, -0.15) is 5.10 Å². The van der Waals surface area contributed by atoms with Crippen LogP contribution in [0.15, 0.2) is 12.3 Å². The third-order valence-corrected chi connectivity index (χ3v) is 2.21. The van der Waals surface area contributed by atoms with Gasteiger partial charge in [-0.15, -0.1) is 0 Å². The van der Waals surface area contributed by atoms with Gasteiger partial charge in [0.2, 0.25) is 0 Å². The Morgan fingerprint density at radius 3 is 2.81 bits per heavy atom. The fourth-order valence-electron chi connectivity index (χ4n) is 1.28. The number of nitrogens with one attached hydrogen (secondary N) is 1. The maximum Gasteiger partial charge on any atom is 0.307 e. The average Bonchev–Trinajstić information content (AvgIpc) is 2.82. The van der Waals surface area contributed by atoms with Crippen LogP contribution >= 0.6 is 0 Å². The second kappa shape index (κ2) is 5.89. The Morgan fingerprint density at radius 1 is 1.56 bits per heavy atom. The first-order valence-electron chi connectivity index (χ1n) is 5.04. The fraction of sp³-hybridized carbons (Fsp3) is 0.500.